The summed E-state index contributed by atoms with van der Waals surface area (Å²) >= 11 is 8.51. The summed E-state index contributed by atoms with van der Waals surface area (Å²) in [6.45, 7) is 3.28. The third kappa shape index (κ3) is 6.00. The van der Waals surface area contributed by atoms with Gasteiger partial charge in [0.15, 0.2) is 0 Å². The first-order chi connectivity index (χ1) is 11.2. The normalized spacial score (nSPS) is 10.5. The molecule has 2 aromatic rings. The van der Waals surface area contributed by atoms with E-state index < -0.39 is 0 Å². The molecule has 0 unspecified atom stereocenters. The molecule has 0 radical (unpaired) electrons. The quantitative estimate of drug-likeness (QED) is 0.399. The van der Waals surface area contributed by atoms with Crippen LogP contribution in [0.15, 0.2) is 53.0 Å². The number of thiocarbonyl (C=S) groups is 1. The van der Waals surface area contributed by atoms with Crippen LogP contribution in [0.1, 0.15) is 18.1 Å². The highest BCUT2D eigenvalue weighted by Crippen LogP contribution is 2.17. The average molecular weight is 393 g/mol. The Labute approximate surface area is 150 Å². The maximum atomic E-state index is 5.91. The third-order valence-electron chi connectivity index (χ3n) is 2.98. The van der Waals surface area contributed by atoms with Crippen LogP contribution in [-0.4, -0.2) is 17.9 Å². The highest BCUT2D eigenvalue weighted by atomic mass is 79.9. The van der Waals surface area contributed by atoms with Crippen LogP contribution in [0.2, 0.25) is 0 Å². The molecular weight excluding hydrogens is 374 g/mol. The topological polar surface area (TPSA) is 47.3 Å². The maximum absolute atomic E-state index is 5.91. The van der Waals surface area contributed by atoms with Crippen LogP contribution < -0.4 is 20.6 Å². The van der Waals surface area contributed by atoms with Gasteiger partial charge in [-0.2, -0.15) is 0 Å². The standard InChI is InChI=1S/C17H18BrN3OS/c1-2-19-17(23)21-20-11-14-5-3-4-6-16(14)22-12-13-7-9-15(18)10-8-13/h3-11H,2,12H2,1H3,(H2,19,21,23)/p+1. The summed E-state index contributed by atoms with van der Waals surface area (Å²) in [5, 5.41) is 6.52. The first kappa shape index (κ1) is 17.4. The minimum absolute atomic E-state index is 0.515. The lowest BCUT2D eigenvalue weighted by Gasteiger charge is -2.08. The van der Waals surface area contributed by atoms with Gasteiger partial charge in [0.1, 0.15) is 12.4 Å². The monoisotopic (exact) mass is 392 g/mol. The molecule has 0 amide bonds. The Morgan fingerprint density at radius 2 is 1.96 bits per heavy atom. The number of rotatable bonds is 6. The number of nitrogens with one attached hydrogen (secondary N) is 3. The Hall–Kier alpha value is -1.92. The van der Waals surface area contributed by atoms with Gasteiger partial charge in [0.05, 0.1) is 5.56 Å². The zero-order chi connectivity index (χ0) is 16.5. The van der Waals surface area contributed by atoms with Crippen LogP contribution in [0.5, 0.6) is 5.75 Å². The lowest BCUT2D eigenvalue weighted by Crippen LogP contribution is -2.82. The summed E-state index contributed by atoms with van der Waals surface area (Å²) in [4.78, 5) is 0. The van der Waals surface area contributed by atoms with E-state index in [4.69, 9.17) is 17.0 Å². The fourth-order valence-electron chi connectivity index (χ4n) is 1.86. The molecule has 120 valence electrons. The molecule has 0 fully saturated rings. The minimum Gasteiger partial charge on any atom is -0.488 e. The zero-order valence-electron chi connectivity index (χ0n) is 12.8. The van der Waals surface area contributed by atoms with Crippen molar-refractivity contribution in [3.8, 4) is 5.75 Å². The Bertz CT molecular complexity index is 674. The van der Waals surface area contributed by atoms with Crippen LogP contribution in [0.4, 0.5) is 0 Å². The number of para-hydroxylation sites is 1. The molecule has 0 saturated heterocycles. The van der Waals surface area contributed by atoms with Crippen LogP contribution in [0.3, 0.4) is 0 Å². The SMILES string of the molecule is CCNC(=S)N[NH+]=Cc1ccccc1OCc1ccc(Br)cc1. The molecular formula is C17H19BrN3OS+. The summed E-state index contributed by atoms with van der Waals surface area (Å²) in [5.41, 5.74) is 4.95. The molecule has 0 aromatic heterocycles. The van der Waals surface area contributed by atoms with E-state index in [-0.39, 0.29) is 0 Å². The van der Waals surface area contributed by atoms with Crippen molar-refractivity contribution in [2.24, 2.45) is 0 Å². The molecule has 0 atom stereocenters. The number of hydrazine groups is 1. The molecule has 0 saturated carbocycles. The van der Waals surface area contributed by atoms with E-state index >= 15 is 0 Å². The molecule has 0 aliphatic carbocycles. The fourth-order valence-corrected chi connectivity index (χ4v) is 2.32. The Morgan fingerprint density at radius 3 is 2.70 bits per heavy atom. The fraction of sp³-hybridized carbons (Fsp3) is 0.176. The van der Waals surface area contributed by atoms with Crippen molar-refractivity contribution in [3.63, 3.8) is 0 Å². The third-order valence-corrected chi connectivity index (χ3v) is 3.75. The van der Waals surface area contributed by atoms with Gasteiger partial charge in [-0.1, -0.05) is 40.2 Å². The van der Waals surface area contributed by atoms with Gasteiger partial charge in [-0.05, 0) is 49.0 Å². The number of hydrogen-bond acceptors (Lipinski definition) is 2. The molecule has 0 heterocycles. The molecule has 0 spiro atoms. The Kier molecular flexibility index (Phi) is 7.03. The second-order valence-electron chi connectivity index (χ2n) is 4.73. The van der Waals surface area contributed by atoms with Crippen molar-refractivity contribution in [1.29, 1.82) is 0 Å². The average Bonchev–Trinajstić information content (AvgIpc) is 2.56. The predicted octanol–water partition coefficient (Wildman–Crippen LogP) is 1.93. The van der Waals surface area contributed by atoms with Crippen LogP contribution >= 0.6 is 28.1 Å². The van der Waals surface area contributed by atoms with E-state index in [2.05, 4.69) is 31.8 Å². The van der Waals surface area contributed by atoms with E-state index in [1.807, 2.05) is 61.7 Å². The maximum Gasteiger partial charge on any atom is 0.223 e. The first-order valence-corrected chi connectivity index (χ1v) is 8.48. The summed E-state index contributed by atoms with van der Waals surface area (Å²) in [7, 11) is 0. The molecule has 2 rings (SSSR count). The second-order valence-corrected chi connectivity index (χ2v) is 6.05. The first-order valence-electron chi connectivity index (χ1n) is 7.28. The van der Waals surface area contributed by atoms with E-state index in [1.54, 1.807) is 0 Å². The summed E-state index contributed by atoms with van der Waals surface area (Å²) in [5.74, 6) is 0.805. The number of ether oxygens (including phenoxy) is 1. The summed E-state index contributed by atoms with van der Waals surface area (Å²) in [6.07, 6.45) is 1.82. The van der Waals surface area contributed by atoms with Crippen LogP contribution in [-0.2, 0) is 6.61 Å². The second kappa shape index (κ2) is 9.27. The molecule has 0 aliphatic rings. The lowest BCUT2D eigenvalue weighted by atomic mass is 10.2. The van der Waals surface area contributed by atoms with Crippen LogP contribution in [0, 0.1) is 0 Å². The molecule has 23 heavy (non-hydrogen) atoms. The highest BCUT2D eigenvalue weighted by Gasteiger charge is 2.04. The highest BCUT2D eigenvalue weighted by molar-refractivity contribution is 9.10. The van der Waals surface area contributed by atoms with Crippen molar-refractivity contribution < 1.29 is 9.84 Å². The van der Waals surface area contributed by atoms with Crippen molar-refractivity contribution in [1.82, 2.24) is 10.7 Å². The largest absolute Gasteiger partial charge is 0.488 e. The van der Waals surface area contributed by atoms with Gasteiger partial charge in [0, 0.05) is 11.0 Å². The molecule has 0 aliphatic heterocycles. The number of benzene rings is 2. The van der Waals surface area contributed by atoms with E-state index in [9.17, 15) is 0 Å². The summed E-state index contributed by atoms with van der Waals surface area (Å²) in [6, 6.07) is 15.9. The number of hydrazone groups is 1. The Morgan fingerprint density at radius 1 is 1.22 bits per heavy atom. The smallest absolute Gasteiger partial charge is 0.223 e. The molecule has 4 nitrogen and oxygen atoms in total. The number of hydrogen-bond donors (Lipinski definition) is 3. The lowest BCUT2D eigenvalue weighted by molar-refractivity contribution is -0.500. The van der Waals surface area contributed by atoms with E-state index in [0.29, 0.717) is 11.7 Å². The van der Waals surface area contributed by atoms with Crippen molar-refractivity contribution in [2.75, 3.05) is 6.54 Å². The van der Waals surface area contributed by atoms with Crippen molar-refractivity contribution in [2.45, 2.75) is 13.5 Å². The number of halogens is 1. The van der Waals surface area contributed by atoms with Gasteiger partial charge in [-0.25, -0.2) is 0 Å². The minimum atomic E-state index is 0.515. The van der Waals surface area contributed by atoms with Crippen molar-refractivity contribution >= 4 is 39.5 Å². The van der Waals surface area contributed by atoms with Gasteiger partial charge in [-0.3, -0.25) is 0 Å². The van der Waals surface area contributed by atoms with Gasteiger partial charge in [0.2, 0.25) is 11.3 Å². The van der Waals surface area contributed by atoms with Gasteiger partial charge in [-0.15, -0.1) is 10.5 Å². The molecule has 2 aromatic carbocycles. The zero-order valence-corrected chi connectivity index (χ0v) is 15.2. The summed E-state index contributed by atoms with van der Waals surface area (Å²) < 4.78 is 6.96. The van der Waals surface area contributed by atoms with Crippen molar-refractivity contribution in [3.05, 3.63) is 64.1 Å². The van der Waals surface area contributed by atoms with Gasteiger partial charge in [0.25, 0.3) is 0 Å². The Balaban J connectivity index is 1.98. The van der Waals surface area contributed by atoms with Crippen LogP contribution in [0.25, 0.3) is 0 Å². The van der Waals surface area contributed by atoms with E-state index in [0.717, 1.165) is 27.9 Å². The van der Waals surface area contributed by atoms with Gasteiger partial charge < -0.3 is 10.1 Å². The molecule has 6 heteroatoms. The molecule has 0 bridgehead atoms. The van der Waals surface area contributed by atoms with E-state index in [1.165, 1.54) is 0 Å². The molecule has 3 N–H and O–H groups in total. The van der Waals surface area contributed by atoms with Gasteiger partial charge >= 0.3 is 0 Å². The predicted molar refractivity (Wildman–Crippen MR) is 100 cm³/mol.